The van der Waals surface area contributed by atoms with E-state index in [4.69, 9.17) is 0 Å². The van der Waals surface area contributed by atoms with E-state index in [1.807, 2.05) is 4.90 Å². The lowest BCUT2D eigenvalue weighted by Crippen LogP contribution is -2.44. The van der Waals surface area contributed by atoms with Gasteiger partial charge in [-0.05, 0) is 24.0 Å². The maximum absolute atomic E-state index is 11.7. The molecule has 0 bridgehead atoms. The Morgan fingerprint density at radius 1 is 1.39 bits per heavy atom. The summed E-state index contributed by atoms with van der Waals surface area (Å²) >= 11 is 1.67. The molecular weight excluding hydrogens is 244 g/mol. The summed E-state index contributed by atoms with van der Waals surface area (Å²) in [7, 11) is 0. The molecule has 4 heteroatoms. The van der Waals surface area contributed by atoms with Crippen molar-refractivity contribution in [3.05, 3.63) is 47.3 Å². The van der Waals surface area contributed by atoms with E-state index in [1.54, 1.807) is 11.8 Å². The van der Waals surface area contributed by atoms with Crippen LogP contribution < -0.4 is 5.32 Å². The highest BCUT2D eigenvalue weighted by atomic mass is 32.2. The van der Waals surface area contributed by atoms with Crippen molar-refractivity contribution in [3.63, 3.8) is 0 Å². The van der Waals surface area contributed by atoms with Crippen molar-refractivity contribution in [2.24, 2.45) is 5.92 Å². The first-order chi connectivity index (χ1) is 8.83. The third-order valence-corrected chi connectivity index (χ3v) is 5.01. The molecule has 0 spiro atoms. The number of fused-ring (bicyclic) bond motifs is 3. The van der Waals surface area contributed by atoms with Gasteiger partial charge in [0, 0.05) is 17.8 Å². The van der Waals surface area contributed by atoms with Crippen molar-refractivity contribution in [2.75, 3.05) is 5.75 Å². The summed E-state index contributed by atoms with van der Waals surface area (Å²) in [5, 5.41) is 3.54. The second-order valence-electron chi connectivity index (χ2n) is 4.98. The van der Waals surface area contributed by atoms with Crippen LogP contribution in [0.5, 0.6) is 0 Å². The summed E-state index contributed by atoms with van der Waals surface area (Å²) in [6.07, 6.45) is 13.0. The van der Waals surface area contributed by atoms with Crippen molar-refractivity contribution >= 4 is 17.7 Å². The molecule has 0 aromatic carbocycles. The van der Waals surface area contributed by atoms with Gasteiger partial charge in [0.2, 0.25) is 5.91 Å². The Hall–Kier alpha value is -1.42. The van der Waals surface area contributed by atoms with Crippen molar-refractivity contribution in [1.82, 2.24) is 10.2 Å². The maximum atomic E-state index is 11.7. The van der Waals surface area contributed by atoms with Gasteiger partial charge in [-0.25, -0.2) is 0 Å². The predicted octanol–water partition coefficient (Wildman–Crippen LogP) is 2.12. The van der Waals surface area contributed by atoms with Gasteiger partial charge in [0.05, 0.1) is 5.75 Å². The van der Waals surface area contributed by atoms with E-state index in [0.29, 0.717) is 11.7 Å². The zero-order chi connectivity index (χ0) is 12.1. The van der Waals surface area contributed by atoms with Crippen molar-refractivity contribution in [1.29, 1.82) is 0 Å². The molecule has 0 saturated carbocycles. The SMILES string of the molecule is O=C1CSC2NC3=C4C=CC=CC4CCC3=CN12. The largest absolute Gasteiger partial charge is 0.356 e. The molecule has 1 saturated heterocycles. The Balaban J connectivity index is 1.80. The molecule has 1 amide bonds. The molecule has 2 aliphatic carbocycles. The Labute approximate surface area is 110 Å². The average Bonchev–Trinajstić information content (AvgIpc) is 2.78. The molecule has 18 heavy (non-hydrogen) atoms. The van der Waals surface area contributed by atoms with Crippen LogP contribution in [0.3, 0.4) is 0 Å². The van der Waals surface area contributed by atoms with E-state index in [2.05, 4.69) is 35.8 Å². The van der Waals surface area contributed by atoms with Crippen LogP contribution in [-0.2, 0) is 4.79 Å². The van der Waals surface area contributed by atoms with Crippen LogP contribution in [0.15, 0.2) is 47.3 Å². The smallest absolute Gasteiger partial charge is 0.239 e. The van der Waals surface area contributed by atoms with E-state index in [0.717, 1.165) is 12.8 Å². The number of allylic oxidation sites excluding steroid dienone is 6. The topological polar surface area (TPSA) is 32.3 Å². The normalized spacial score (nSPS) is 32.8. The zero-order valence-corrected chi connectivity index (χ0v) is 10.7. The van der Waals surface area contributed by atoms with E-state index in [-0.39, 0.29) is 11.4 Å². The molecule has 2 heterocycles. The first-order valence-corrected chi connectivity index (χ1v) is 7.37. The molecule has 2 aliphatic heterocycles. The lowest BCUT2D eigenvalue weighted by Gasteiger charge is -2.37. The minimum atomic E-state index is 0.0989. The van der Waals surface area contributed by atoms with Gasteiger partial charge in [-0.15, -0.1) is 11.8 Å². The van der Waals surface area contributed by atoms with Crippen molar-refractivity contribution < 1.29 is 4.79 Å². The van der Waals surface area contributed by atoms with Crippen LogP contribution in [0.25, 0.3) is 0 Å². The number of thioether (sulfide) groups is 1. The average molecular weight is 258 g/mol. The Bertz CT molecular complexity index is 544. The maximum Gasteiger partial charge on any atom is 0.239 e. The Kier molecular flexibility index (Phi) is 2.21. The third-order valence-electron chi connectivity index (χ3n) is 3.93. The van der Waals surface area contributed by atoms with Crippen LogP contribution in [0, 0.1) is 5.92 Å². The molecule has 1 fully saturated rings. The van der Waals surface area contributed by atoms with Gasteiger partial charge < -0.3 is 5.32 Å². The Morgan fingerprint density at radius 3 is 3.28 bits per heavy atom. The number of carbonyl (C=O) groups excluding carboxylic acids is 1. The third kappa shape index (κ3) is 1.42. The number of rotatable bonds is 0. The summed E-state index contributed by atoms with van der Waals surface area (Å²) in [5.41, 5.74) is 4.03. The van der Waals surface area contributed by atoms with Gasteiger partial charge >= 0.3 is 0 Å². The fourth-order valence-electron chi connectivity index (χ4n) is 3.01. The number of amides is 1. The molecule has 92 valence electrons. The molecule has 3 nitrogen and oxygen atoms in total. The van der Waals surface area contributed by atoms with Gasteiger partial charge in [-0.2, -0.15) is 0 Å². The number of nitrogens with zero attached hydrogens (tertiary/aromatic N) is 1. The molecular formula is C14H14N2OS. The first-order valence-electron chi connectivity index (χ1n) is 6.32. The standard InChI is InChI=1S/C14H14N2OS/c17-12-8-18-14-15-13-10(7-16(12)14)6-5-9-3-1-2-4-11(9)13/h1-4,7,9,14-15H,5-6,8H2. The minimum absolute atomic E-state index is 0.0989. The first kappa shape index (κ1) is 10.5. The summed E-state index contributed by atoms with van der Waals surface area (Å²) in [4.78, 5) is 13.6. The molecule has 4 rings (SSSR count). The monoisotopic (exact) mass is 258 g/mol. The molecule has 2 unspecified atom stereocenters. The van der Waals surface area contributed by atoms with Gasteiger partial charge in [-0.3, -0.25) is 9.69 Å². The second kappa shape index (κ2) is 3.79. The highest BCUT2D eigenvalue weighted by molar-refractivity contribution is 8.00. The number of hydrogen-bond donors (Lipinski definition) is 1. The minimum Gasteiger partial charge on any atom is -0.356 e. The van der Waals surface area contributed by atoms with Crippen molar-refractivity contribution in [3.8, 4) is 0 Å². The van der Waals surface area contributed by atoms with Crippen LogP contribution in [0.4, 0.5) is 0 Å². The van der Waals surface area contributed by atoms with Gasteiger partial charge in [0.1, 0.15) is 0 Å². The zero-order valence-electron chi connectivity index (χ0n) is 9.93. The molecule has 0 aromatic heterocycles. The van der Waals surface area contributed by atoms with Gasteiger partial charge in [0.15, 0.2) is 5.50 Å². The molecule has 0 radical (unpaired) electrons. The highest BCUT2D eigenvalue weighted by Gasteiger charge is 2.37. The van der Waals surface area contributed by atoms with Crippen molar-refractivity contribution in [2.45, 2.75) is 18.3 Å². The quantitative estimate of drug-likeness (QED) is 0.722. The Morgan fingerprint density at radius 2 is 2.33 bits per heavy atom. The lowest BCUT2D eigenvalue weighted by atomic mass is 9.80. The molecule has 1 N–H and O–H groups in total. The van der Waals surface area contributed by atoms with Gasteiger partial charge in [0.25, 0.3) is 0 Å². The van der Waals surface area contributed by atoms with E-state index >= 15 is 0 Å². The number of nitrogens with one attached hydrogen (secondary N) is 1. The van der Waals surface area contributed by atoms with Gasteiger partial charge in [-0.1, -0.05) is 24.3 Å². The number of carbonyl (C=O) groups is 1. The molecule has 4 aliphatic rings. The van der Waals surface area contributed by atoms with Crippen LogP contribution >= 0.6 is 11.8 Å². The van der Waals surface area contributed by atoms with Crippen LogP contribution in [0.1, 0.15) is 12.8 Å². The fraction of sp³-hybridized carbons (Fsp3) is 0.357. The summed E-state index contributed by atoms with van der Waals surface area (Å²) in [5.74, 6) is 1.35. The van der Waals surface area contributed by atoms with Crippen LogP contribution in [-0.4, -0.2) is 22.1 Å². The predicted molar refractivity (Wildman–Crippen MR) is 72.3 cm³/mol. The lowest BCUT2D eigenvalue weighted by molar-refractivity contribution is -0.125. The fourth-order valence-corrected chi connectivity index (χ4v) is 4.00. The molecule has 0 aromatic rings. The summed E-state index contributed by atoms with van der Waals surface area (Å²) < 4.78 is 0. The van der Waals surface area contributed by atoms with E-state index < -0.39 is 0 Å². The van der Waals surface area contributed by atoms with E-state index in [1.165, 1.54) is 16.8 Å². The molecule has 2 atom stereocenters. The van der Waals surface area contributed by atoms with E-state index in [9.17, 15) is 4.79 Å². The second-order valence-corrected chi connectivity index (χ2v) is 6.05. The number of hydrogen-bond acceptors (Lipinski definition) is 3. The van der Waals surface area contributed by atoms with Crippen LogP contribution in [0.2, 0.25) is 0 Å². The summed E-state index contributed by atoms with van der Waals surface area (Å²) in [6, 6.07) is 0. The summed E-state index contributed by atoms with van der Waals surface area (Å²) in [6.45, 7) is 0. The highest BCUT2D eigenvalue weighted by Crippen LogP contribution is 2.40.